The van der Waals surface area contributed by atoms with Gasteiger partial charge in [0.05, 0.1) is 5.69 Å². The predicted molar refractivity (Wildman–Crippen MR) is 129 cm³/mol. The van der Waals surface area contributed by atoms with E-state index < -0.39 is 0 Å². The number of aryl methyl sites for hydroxylation is 1. The van der Waals surface area contributed by atoms with Crippen LogP contribution in [0.2, 0.25) is 0 Å². The van der Waals surface area contributed by atoms with Crippen LogP contribution in [0, 0.1) is 6.92 Å². The van der Waals surface area contributed by atoms with Crippen molar-refractivity contribution in [2.24, 2.45) is 0 Å². The Morgan fingerprint density at radius 3 is 1.57 bits per heavy atom. The van der Waals surface area contributed by atoms with E-state index in [1.165, 1.54) is 33.2 Å². The summed E-state index contributed by atoms with van der Waals surface area (Å²) < 4.78 is 0. The smallest absolute Gasteiger partial charge is 0.0546 e. The van der Waals surface area contributed by atoms with Gasteiger partial charge in [-0.15, -0.1) is 0 Å². The Bertz CT molecular complexity index is 1230. The molecule has 0 unspecified atom stereocenters. The lowest BCUT2D eigenvalue weighted by molar-refractivity contribution is 1.29. The molecule has 0 heterocycles. The summed E-state index contributed by atoms with van der Waals surface area (Å²) in [6.07, 6.45) is 0. The highest BCUT2D eigenvalue weighted by molar-refractivity contribution is 5.98. The van der Waals surface area contributed by atoms with Gasteiger partial charge in [-0.3, -0.25) is 0 Å². The molecular formula is C29H23N. The molecule has 0 aliphatic rings. The van der Waals surface area contributed by atoms with Crippen molar-refractivity contribution in [3.05, 3.63) is 127 Å². The summed E-state index contributed by atoms with van der Waals surface area (Å²) >= 11 is 0. The molecule has 0 radical (unpaired) electrons. The van der Waals surface area contributed by atoms with Gasteiger partial charge in [0, 0.05) is 16.9 Å². The third-order valence-electron chi connectivity index (χ3n) is 5.50. The first-order valence-corrected chi connectivity index (χ1v) is 10.3. The SMILES string of the molecule is Cc1ccc(-c2cc3ccccc3cc2N(c2ccccc2)c2ccccc2)cc1. The molecule has 0 aliphatic heterocycles. The maximum atomic E-state index is 2.35. The molecule has 0 aromatic heterocycles. The van der Waals surface area contributed by atoms with Crippen LogP contribution in [0.25, 0.3) is 21.9 Å². The second-order valence-corrected chi connectivity index (χ2v) is 7.59. The van der Waals surface area contributed by atoms with E-state index in [1.54, 1.807) is 0 Å². The molecule has 0 saturated carbocycles. The van der Waals surface area contributed by atoms with Crippen molar-refractivity contribution in [3.63, 3.8) is 0 Å². The standard InChI is InChI=1S/C29H23N/c1-22-16-18-23(19-17-22)28-20-24-10-8-9-11-25(24)21-29(28)30(26-12-4-2-5-13-26)27-14-6-3-7-15-27/h2-21H,1H3. The molecule has 5 rings (SSSR count). The molecule has 30 heavy (non-hydrogen) atoms. The number of anilines is 3. The van der Waals surface area contributed by atoms with Crippen LogP contribution in [-0.4, -0.2) is 0 Å². The van der Waals surface area contributed by atoms with Crippen LogP contribution in [0.15, 0.2) is 121 Å². The summed E-state index contributed by atoms with van der Waals surface area (Å²) in [6.45, 7) is 2.13. The minimum Gasteiger partial charge on any atom is -0.310 e. The number of nitrogens with zero attached hydrogens (tertiary/aromatic N) is 1. The van der Waals surface area contributed by atoms with Gasteiger partial charge in [-0.2, -0.15) is 0 Å². The average molecular weight is 386 g/mol. The Morgan fingerprint density at radius 2 is 1.00 bits per heavy atom. The Kier molecular flexibility index (Phi) is 4.78. The first-order valence-electron chi connectivity index (χ1n) is 10.3. The maximum absolute atomic E-state index is 2.35. The highest BCUT2D eigenvalue weighted by atomic mass is 15.1. The largest absolute Gasteiger partial charge is 0.310 e. The fourth-order valence-corrected chi connectivity index (χ4v) is 3.96. The number of rotatable bonds is 4. The second kappa shape index (κ2) is 7.88. The highest BCUT2D eigenvalue weighted by Crippen LogP contribution is 2.42. The zero-order valence-electron chi connectivity index (χ0n) is 17.0. The molecule has 144 valence electrons. The van der Waals surface area contributed by atoms with Gasteiger partial charge in [0.2, 0.25) is 0 Å². The van der Waals surface area contributed by atoms with Crippen LogP contribution in [0.1, 0.15) is 5.56 Å². The van der Waals surface area contributed by atoms with Crippen LogP contribution in [-0.2, 0) is 0 Å². The van der Waals surface area contributed by atoms with Crippen LogP contribution >= 0.6 is 0 Å². The maximum Gasteiger partial charge on any atom is 0.0546 e. The summed E-state index contributed by atoms with van der Waals surface area (Å²) in [7, 11) is 0. The number of hydrogen-bond acceptors (Lipinski definition) is 1. The van der Waals surface area contributed by atoms with E-state index >= 15 is 0 Å². The summed E-state index contributed by atoms with van der Waals surface area (Å²) in [5.74, 6) is 0. The van der Waals surface area contributed by atoms with Crippen molar-refractivity contribution in [2.45, 2.75) is 6.92 Å². The van der Waals surface area contributed by atoms with E-state index in [9.17, 15) is 0 Å². The lowest BCUT2D eigenvalue weighted by atomic mass is 9.97. The van der Waals surface area contributed by atoms with Gasteiger partial charge in [0.1, 0.15) is 0 Å². The third-order valence-corrected chi connectivity index (χ3v) is 5.50. The van der Waals surface area contributed by atoms with Crippen molar-refractivity contribution in [1.82, 2.24) is 0 Å². The van der Waals surface area contributed by atoms with Crippen LogP contribution in [0.3, 0.4) is 0 Å². The van der Waals surface area contributed by atoms with Crippen LogP contribution in [0.5, 0.6) is 0 Å². The zero-order valence-corrected chi connectivity index (χ0v) is 17.0. The van der Waals surface area contributed by atoms with Gasteiger partial charge in [-0.05, 0) is 59.7 Å². The second-order valence-electron chi connectivity index (χ2n) is 7.59. The van der Waals surface area contributed by atoms with E-state index in [-0.39, 0.29) is 0 Å². The molecule has 0 N–H and O–H groups in total. The van der Waals surface area contributed by atoms with Crippen molar-refractivity contribution in [3.8, 4) is 11.1 Å². The van der Waals surface area contributed by atoms with E-state index in [2.05, 4.69) is 133 Å². The quantitative estimate of drug-likeness (QED) is 0.301. The Hall–Kier alpha value is -3.84. The van der Waals surface area contributed by atoms with Gasteiger partial charge < -0.3 is 4.90 Å². The molecular weight excluding hydrogens is 362 g/mol. The van der Waals surface area contributed by atoms with Crippen LogP contribution < -0.4 is 4.90 Å². The van der Waals surface area contributed by atoms with Crippen molar-refractivity contribution in [2.75, 3.05) is 4.90 Å². The highest BCUT2D eigenvalue weighted by Gasteiger charge is 2.17. The molecule has 0 atom stereocenters. The predicted octanol–water partition coefficient (Wildman–Crippen LogP) is 8.29. The van der Waals surface area contributed by atoms with E-state index in [0.29, 0.717) is 0 Å². The van der Waals surface area contributed by atoms with Crippen molar-refractivity contribution in [1.29, 1.82) is 0 Å². The van der Waals surface area contributed by atoms with Crippen molar-refractivity contribution < 1.29 is 0 Å². The summed E-state index contributed by atoms with van der Waals surface area (Å²) in [5.41, 5.74) is 7.18. The molecule has 5 aromatic carbocycles. The lowest BCUT2D eigenvalue weighted by Crippen LogP contribution is -2.11. The van der Waals surface area contributed by atoms with Crippen molar-refractivity contribution >= 4 is 27.8 Å². The number of hydrogen-bond donors (Lipinski definition) is 0. The normalized spacial score (nSPS) is 10.8. The molecule has 1 nitrogen and oxygen atoms in total. The number of benzene rings is 5. The van der Waals surface area contributed by atoms with Gasteiger partial charge >= 0.3 is 0 Å². The molecule has 0 saturated heterocycles. The van der Waals surface area contributed by atoms with Gasteiger partial charge in [0.25, 0.3) is 0 Å². The van der Waals surface area contributed by atoms with E-state index in [0.717, 1.165) is 11.4 Å². The topological polar surface area (TPSA) is 3.24 Å². The first-order chi connectivity index (χ1) is 14.8. The Labute approximate surface area is 177 Å². The molecule has 0 fully saturated rings. The fourth-order valence-electron chi connectivity index (χ4n) is 3.96. The average Bonchev–Trinajstić information content (AvgIpc) is 2.81. The Balaban J connectivity index is 1.82. The van der Waals surface area contributed by atoms with E-state index in [1.807, 2.05) is 0 Å². The number of fused-ring (bicyclic) bond motifs is 1. The third kappa shape index (κ3) is 3.46. The van der Waals surface area contributed by atoms with Gasteiger partial charge in [0.15, 0.2) is 0 Å². The molecule has 5 aromatic rings. The van der Waals surface area contributed by atoms with Gasteiger partial charge in [-0.1, -0.05) is 90.5 Å². The lowest BCUT2D eigenvalue weighted by Gasteiger charge is -2.28. The minimum atomic E-state index is 1.15. The monoisotopic (exact) mass is 385 g/mol. The van der Waals surface area contributed by atoms with E-state index in [4.69, 9.17) is 0 Å². The summed E-state index contributed by atoms with van der Waals surface area (Å²) in [5, 5.41) is 2.48. The zero-order chi connectivity index (χ0) is 20.3. The fraction of sp³-hybridized carbons (Fsp3) is 0.0345. The molecule has 0 aliphatic carbocycles. The van der Waals surface area contributed by atoms with Gasteiger partial charge in [-0.25, -0.2) is 0 Å². The molecule has 0 bridgehead atoms. The summed E-state index contributed by atoms with van der Waals surface area (Å²) in [6, 6.07) is 43.2. The number of para-hydroxylation sites is 2. The molecule has 1 heteroatoms. The summed E-state index contributed by atoms with van der Waals surface area (Å²) in [4.78, 5) is 2.35. The Morgan fingerprint density at radius 1 is 0.500 bits per heavy atom. The molecule has 0 spiro atoms. The minimum absolute atomic E-state index is 1.15. The molecule has 0 amide bonds. The van der Waals surface area contributed by atoms with Crippen LogP contribution in [0.4, 0.5) is 17.1 Å². The first kappa shape index (κ1) is 18.2.